The Bertz CT molecular complexity index is 655. The highest BCUT2D eigenvalue weighted by atomic mass is 16.5. The molecule has 0 aliphatic carbocycles. The average molecular weight is 326 g/mol. The second-order valence-electron chi connectivity index (χ2n) is 5.74. The Morgan fingerprint density at radius 2 is 1.58 bits per heavy atom. The summed E-state index contributed by atoms with van der Waals surface area (Å²) < 4.78 is 5.16. The van der Waals surface area contributed by atoms with Gasteiger partial charge in [0, 0.05) is 11.1 Å². The Balaban J connectivity index is 2.10. The van der Waals surface area contributed by atoms with E-state index >= 15 is 0 Å². The predicted molar refractivity (Wildman–Crippen MR) is 92.6 cm³/mol. The molecule has 2 aromatic carbocycles. The van der Waals surface area contributed by atoms with Crippen LogP contribution < -0.4 is 5.32 Å². The second kappa shape index (κ2) is 8.99. The predicted octanol–water partition coefficient (Wildman–Crippen LogP) is 2.52. The van der Waals surface area contributed by atoms with Gasteiger partial charge >= 0.3 is 5.97 Å². The lowest BCUT2D eigenvalue weighted by molar-refractivity contribution is -0.713. The van der Waals surface area contributed by atoms with Crippen LogP contribution in [0.1, 0.15) is 42.2 Å². The lowest BCUT2D eigenvalue weighted by Crippen LogP contribution is -2.92. The van der Waals surface area contributed by atoms with Gasteiger partial charge in [0.05, 0.1) is 13.0 Å². The number of esters is 1. The smallest absolute Gasteiger partial charge is 0.365 e. The van der Waals surface area contributed by atoms with Crippen molar-refractivity contribution in [3.63, 3.8) is 0 Å². The molecule has 4 heteroatoms. The minimum absolute atomic E-state index is 0.0508. The summed E-state index contributed by atoms with van der Waals surface area (Å²) in [5.41, 5.74) is 1.73. The van der Waals surface area contributed by atoms with E-state index < -0.39 is 6.04 Å². The number of Topliss-reactive ketones (excluding diaryl/α,β-unsaturated/α-hetero) is 1. The molecule has 0 saturated heterocycles. The normalized spacial score (nSPS) is 13.1. The number of benzene rings is 2. The Morgan fingerprint density at radius 1 is 1.00 bits per heavy atom. The fraction of sp³-hybridized carbons (Fsp3) is 0.300. The zero-order chi connectivity index (χ0) is 17.4. The highest BCUT2D eigenvalue weighted by Gasteiger charge is 2.29. The molecule has 0 aliphatic heterocycles. The van der Waals surface area contributed by atoms with E-state index in [1.165, 1.54) is 0 Å². The van der Waals surface area contributed by atoms with Crippen molar-refractivity contribution < 1.29 is 19.6 Å². The summed E-state index contributed by atoms with van der Waals surface area (Å²) in [4.78, 5) is 24.7. The number of carbonyl (C=O) groups excluding carboxylic acids is 2. The summed E-state index contributed by atoms with van der Waals surface area (Å²) in [5, 5.41) is 1.91. The third kappa shape index (κ3) is 5.03. The SMILES string of the molecule is CCOC(=O)[C@H](CC(=O)c1ccccc1)[NH2+][C@@H](C)c1ccccc1. The van der Waals surface area contributed by atoms with E-state index in [1.807, 2.05) is 60.8 Å². The molecule has 2 rings (SSSR count). The molecule has 0 amide bonds. The topological polar surface area (TPSA) is 60.0 Å². The van der Waals surface area contributed by atoms with Gasteiger partial charge in [0.15, 0.2) is 11.8 Å². The molecule has 0 fully saturated rings. The number of rotatable bonds is 8. The van der Waals surface area contributed by atoms with Gasteiger partial charge in [-0.05, 0) is 13.8 Å². The summed E-state index contributed by atoms with van der Waals surface area (Å²) >= 11 is 0. The van der Waals surface area contributed by atoms with Crippen LogP contribution in [0, 0.1) is 0 Å². The lowest BCUT2D eigenvalue weighted by atomic mass is 10.0. The second-order valence-corrected chi connectivity index (χ2v) is 5.74. The van der Waals surface area contributed by atoms with Gasteiger partial charge < -0.3 is 10.1 Å². The number of hydrogen-bond donors (Lipinski definition) is 1. The summed E-state index contributed by atoms with van der Waals surface area (Å²) in [6.07, 6.45) is 0.125. The number of carbonyl (C=O) groups is 2. The third-order valence-corrected chi connectivity index (χ3v) is 3.94. The molecule has 0 aromatic heterocycles. The first-order valence-corrected chi connectivity index (χ1v) is 8.26. The van der Waals surface area contributed by atoms with E-state index in [9.17, 15) is 9.59 Å². The molecule has 24 heavy (non-hydrogen) atoms. The zero-order valence-electron chi connectivity index (χ0n) is 14.1. The minimum atomic E-state index is -0.548. The van der Waals surface area contributed by atoms with Gasteiger partial charge in [-0.3, -0.25) is 4.79 Å². The van der Waals surface area contributed by atoms with Gasteiger partial charge in [-0.25, -0.2) is 4.79 Å². The van der Waals surface area contributed by atoms with E-state index in [0.29, 0.717) is 12.2 Å². The fourth-order valence-corrected chi connectivity index (χ4v) is 2.64. The summed E-state index contributed by atoms with van der Waals surface area (Å²) in [6, 6.07) is 18.5. The Labute approximate surface area is 142 Å². The fourth-order valence-electron chi connectivity index (χ4n) is 2.64. The van der Waals surface area contributed by atoms with Crippen molar-refractivity contribution in [2.45, 2.75) is 32.4 Å². The molecule has 2 aromatic rings. The quantitative estimate of drug-likeness (QED) is 0.599. The van der Waals surface area contributed by atoms with Gasteiger partial charge in [-0.1, -0.05) is 60.7 Å². The minimum Gasteiger partial charge on any atom is -0.462 e. The molecule has 0 saturated carbocycles. The van der Waals surface area contributed by atoms with Crippen LogP contribution in [0.25, 0.3) is 0 Å². The van der Waals surface area contributed by atoms with E-state index in [4.69, 9.17) is 4.74 Å². The molecule has 2 N–H and O–H groups in total. The molecule has 0 aliphatic rings. The molecular weight excluding hydrogens is 302 g/mol. The first-order chi connectivity index (χ1) is 11.6. The van der Waals surface area contributed by atoms with Crippen LogP contribution in [0.5, 0.6) is 0 Å². The van der Waals surface area contributed by atoms with Gasteiger partial charge in [0.1, 0.15) is 6.04 Å². The van der Waals surface area contributed by atoms with Crippen LogP contribution in [0.3, 0.4) is 0 Å². The molecule has 0 heterocycles. The Hall–Kier alpha value is -2.46. The Kier molecular flexibility index (Phi) is 6.70. The van der Waals surface area contributed by atoms with Crippen molar-refractivity contribution in [2.75, 3.05) is 6.61 Å². The van der Waals surface area contributed by atoms with Crippen molar-refractivity contribution in [1.29, 1.82) is 0 Å². The van der Waals surface area contributed by atoms with Gasteiger partial charge in [0.25, 0.3) is 0 Å². The standard InChI is InChI=1S/C20H23NO3/c1-3-24-20(23)18(14-19(22)17-12-8-5-9-13-17)21-15(2)16-10-6-4-7-11-16/h4-13,15,18,21H,3,14H2,1-2H3/p+1/t15-,18-/m0/s1. The van der Waals surface area contributed by atoms with Gasteiger partial charge in [0.2, 0.25) is 0 Å². The number of ketones is 1. The lowest BCUT2D eigenvalue weighted by Gasteiger charge is -2.18. The number of quaternary nitrogens is 1. The summed E-state index contributed by atoms with van der Waals surface area (Å²) in [5.74, 6) is -0.394. The molecule has 0 unspecified atom stereocenters. The molecule has 0 spiro atoms. The molecule has 0 radical (unpaired) electrons. The van der Waals surface area contributed by atoms with Crippen LogP contribution >= 0.6 is 0 Å². The van der Waals surface area contributed by atoms with Crippen LogP contribution in [-0.4, -0.2) is 24.4 Å². The van der Waals surface area contributed by atoms with Crippen LogP contribution in [0.4, 0.5) is 0 Å². The van der Waals surface area contributed by atoms with Crippen molar-refractivity contribution in [3.05, 3.63) is 71.8 Å². The maximum absolute atomic E-state index is 12.5. The van der Waals surface area contributed by atoms with Crippen LogP contribution in [0.15, 0.2) is 60.7 Å². The highest BCUT2D eigenvalue weighted by molar-refractivity contribution is 5.98. The van der Waals surface area contributed by atoms with Gasteiger partial charge in [-0.2, -0.15) is 0 Å². The maximum atomic E-state index is 12.5. The number of hydrogen-bond acceptors (Lipinski definition) is 3. The van der Waals surface area contributed by atoms with E-state index in [-0.39, 0.29) is 24.2 Å². The summed E-state index contributed by atoms with van der Waals surface area (Å²) in [7, 11) is 0. The van der Waals surface area contributed by atoms with E-state index in [2.05, 4.69) is 0 Å². The average Bonchev–Trinajstić information content (AvgIpc) is 2.62. The van der Waals surface area contributed by atoms with Crippen LogP contribution in [0.2, 0.25) is 0 Å². The van der Waals surface area contributed by atoms with E-state index in [1.54, 1.807) is 19.1 Å². The van der Waals surface area contributed by atoms with Crippen molar-refractivity contribution in [3.8, 4) is 0 Å². The zero-order valence-corrected chi connectivity index (χ0v) is 14.1. The molecule has 4 nitrogen and oxygen atoms in total. The summed E-state index contributed by atoms with van der Waals surface area (Å²) in [6.45, 7) is 4.10. The third-order valence-electron chi connectivity index (χ3n) is 3.94. The maximum Gasteiger partial charge on any atom is 0.365 e. The van der Waals surface area contributed by atoms with Crippen molar-refractivity contribution in [1.82, 2.24) is 0 Å². The molecule has 126 valence electrons. The van der Waals surface area contributed by atoms with Gasteiger partial charge in [-0.15, -0.1) is 0 Å². The largest absolute Gasteiger partial charge is 0.462 e. The first kappa shape index (κ1) is 17.9. The monoisotopic (exact) mass is 326 g/mol. The molecule has 0 bridgehead atoms. The number of ether oxygens (including phenoxy) is 1. The van der Waals surface area contributed by atoms with Crippen molar-refractivity contribution >= 4 is 11.8 Å². The number of nitrogens with two attached hydrogens (primary N) is 1. The first-order valence-electron chi connectivity index (χ1n) is 8.26. The molecular formula is C20H24NO3+. The van der Waals surface area contributed by atoms with E-state index in [0.717, 1.165) is 5.56 Å². The van der Waals surface area contributed by atoms with Crippen molar-refractivity contribution in [2.24, 2.45) is 0 Å². The highest BCUT2D eigenvalue weighted by Crippen LogP contribution is 2.09. The van der Waals surface area contributed by atoms with Crippen LogP contribution in [-0.2, 0) is 9.53 Å². The molecule has 2 atom stereocenters. The Morgan fingerprint density at radius 3 is 2.17 bits per heavy atom.